The van der Waals surface area contributed by atoms with Crippen molar-refractivity contribution in [2.45, 2.75) is 19.8 Å². The number of aryl methyl sites for hydroxylation is 1. The summed E-state index contributed by atoms with van der Waals surface area (Å²) in [5.74, 6) is 0.238. The predicted molar refractivity (Wildman–Crippen MR) is 43.2 cm³/mol. The summed E-state index contributed by atoms with van der Waals surface area (Å²) in [7, 11) is 0. The second-order valence-corrected chi connectivity index (χ2v) is 2.56. The van der Waals surface area contributed by atoms with Crippen LogP contribution in [0.1, 0.15) is 18.9 Å². The molecule has 0 amide bonds. The van der Waals surface area contributed by atoms with E-state index < -0.39 is 0 Å². The van der Waals surface area contributed by atoms with E-state index >= 15 is 0 Å². The van der Waals surface area contributed by atoms with Crippen LogP contribution in [0.15, 0.2) is 24.5 Å². The third kappa shape index (κ3) is 2.94. The van der Waals surface area contributed by atoms with Gasteiger partial charge in [-0.3, -0.25) is 4.98 Å². The monoisotopic (exact) mass is 149 g/mol. The average molecular weight is 149 g/mol. The fraction of sp³-hybridized carbons (Fsp3) is 0.333. The second-order valence-electron chi connectivity index (χ2n) is 2.56. The lowest BCUT2D eigenvalue weighted by atomic mass is 10.1. The van der Waals surface area contributed by atoms with Crippen molar-refractivity contribution in [3.05, 3.63) is 30.1 Å². The number of carbonyl (C=O) groups excluding carboxylic acids is 1. The molecule has 1 heterocycles. The number of rotatable bonds is 3. The molecule has 0 saturated carbocycles. The first kappa shape index (κ1) is 7.92. The first-order valence-corrected chi connectivity index (χ1v) is 3.67. The summed E-state index contributed by atoms with van der Waals surface area (Å²) in [6, 6.07) is 3.87. The molecular weight excluding hydrogens is 138 g/mol. The maximum atomic E-state index is 10.6. The minimum Gasteiger partial charge on any atom is -0.300 e. The van der Waals surface area contributed by atoms with Crippen molar-refractivity contribution in [2.75, 3.05) is 0 Å². The van der Waals surface area contributed by atoms with Gasteiger partial charge in [-0.05, 0) is 31.0 Å². The molecular formula is C9H11NO. The number of hydrogen-bond acceptors (Lipinski definition) is 2. The number of carbonyl (C=O) groups is 1. The summed E-state index contributed by atoms with van der Waals surface area (Å²) in [5.41, 5.74) is 1.18. The lowest BCUT2D eigenvalue weighted by Crippen LogP contribution is -1.93. The summed E-state index contributed by atoms with van der Waals surface area (Å²) in [5, 5.41) is 0. The zero-order valence-electron chi connectivity index (χ0n) is 6.58. The minimum atomic E-state index is 0.238. The molecule has 0 bridgehead atoms. The van der Waals surface area contributed by atoms with E-state index in [0.29, 0.717) is 6.42 Å². The van der Waals surface area contributed by atoms with Gasteiger partial charge in [-0.1, -0.05) is 0 Å². The molecule has 0 radical (unpaired) electrons. The summed E-state index contributed by atoms with van der Waals surface area (Å²) >= 11 is 0. The van der Waals surface area contributed by atoms with E-state index in [9.17, 15) is 4.79 Å². The van der Waals surface area contributed by atoms with Gasteiger partial charge in [-0.15, -0.1) is 0 Å². The standard InChI is InChI=1S/C9H11NO/c1-8(11)2-3-9-4-6-10-7-5-9/h4-7H,2-3H2,1H3. The molecule has 2 heteroatoms. The Morgan fingerprint density at radius 3 is 2.64 bits per heavy atom. The Hall–Kier alpha value is -1.18. The Balaban J connectivity index is 2.45. The topological polar surface area (TPSA) is 30.0 Å². The summed E-state index contributed by atoms with van der Waals surface area (Å²) in [6.07, 6.45) is 4.95. The van der Waals surface area contributed by atoms with Crippen LogP contribution in [0.3, 0.4) is 0 Å². The van der Waals surface area contributed by atoms with Crippen molar-refractivity contribution >= 4 is 5.78 Å². The Kier molecular flexibility index (Phi) is 2.78. The van der Waals surface area contributed by atoms with Crippen LogP contribution in [0.4, 0.5) is 0 Å². The lowest BCUT2D eigenvalue weighted by Gasteiger charge is -1.95. The molecule has 1 aromatic heterocycles. The Bertz CT molecular complexity index is 231. The molecule has 0 atom stereocenters. The highest BCUT2D eigenvalue weighted by atomic mass is 16.1. The van der Waals surface area contributed by atoms with Gasteiger partial charge in [0.2, 0.25) is 0 Å². The van der Waals surface area contributed by atoms with E-state index in [1.54, 1.807) is 19.3 Å². The van der Waals surface area contributed by atoms with Crippen molar-refractivity contribution in [3.63, 3.8) is 0 Å². The third-order valence-electron chi connectivity index (χ3n) is 1.52. The summed E-state index contributed by atoms with van der Waals surface area (Å²) in [4.78, 5) is 14.5. The Morgan fingerprint density at radius 1 is 1.45 bits per heavy atom. The van der Waals surface area contributed by atoms with Crippen LogP contribution >= 0.6 is 0 Å². The maximum Gasteiger partial charge on any atom is 0.130 e. The van der Waals surface area contributed by atoms with Gasteiger partial charge in [0.1, 0.15) is 5.78 Å². The van der Waals surface area contributed by atoms with Crippen molar-refractivity contribution in [1.82, 2.24) is 4.98 Å². The minimum absolute atomic E-state index is 0.238. The molecule has 0 saturated heterocycles. The van der Waals surface area contributed by atoms with Crippen molar-refractivity contribution in [1.29, 1.82) is 0 Å². The first-order chi connectivity index (χ1) is 5.29. The Labute approximate surface area is 66.3 Å². The maximum absolute atomic E-state index is 10.6. The molecule has 1 rings (SSSR count). The van der Waals surface area contributed by atoms with E-state index in [1.807, 2.05) is 12.1 Å². The summed E-state index contributed by atoms with van der Waals surface area (Å²) < 4.78 is 0. The van der Waals surface area contributed by atoms with Gasteiger partial charge in [0.15, 0.2) is 0 Å². The molecule has 11 heavy (non-hydrogen) atoms. The van der Waals surface area contributed by atoms with Gasteiger partial charge in [0, 0.05) is 18.8 Å². The number of Topliss-reactive ketones (excluding diaryl/α,β-unsaturated/α-hetero) is 1. The van der Waals surface area contributed by atoms with E-state index in [-0.39, 0.29) is 5.78 Å². The molecule has 0 aliphatic heterocycles. The van der Waals surface area contributed by atoms with Gasteiger partial charge in [-0.25, -0.2) is 0 Å². The van der Waals surface area contributed by atoms with Crippen molar-refractivity contribution in [2.24, 2.45) is 0 Å². The predicted octanol–water partition coefficient (Wildman–Crippen LogP) is 1.60. The number of pyridine rings is 1. The Morgan fingerprint density at radius 2 is 2.09 bits per heavy atom. The van der Waals surface area contributed by atoms with Crippen LogP contribution < -0.4 is 0 Å². The normalized spacial score (nSPS) is 9.55. The average Bonchev–Trinajstić information content (AvgIpc) is 2.03. The zero-order chi connectivity index (χ0) is 8.10. The van der Waals surface area contributed by atoms with E-state index in [2.05, 4.69) is 4.98 Å². The van der Waals surface area contributed by atoms with E-state index in [4.69, 9.17) is 0 Å². The molecule has 0 spiro atoms. The fourth-order valence-electron chi connectivity index (χ4n) is 0.870. The van der Waals surface area contributed by atoms with Crippen LogP contribution in [0.2, 0.25) is 0 Å². The van der Waals surface area contributed by atoms with Crippen molar-refractivity contribution in [3.8, 4) is 0 Å². The SMILES string of the molecule is CC(=O)CCc1ccncc1. The zero-order valence-corrected chi connectivity index (χ0v) is 6.58. The molecule has 0 aromatic carbocycles. The first-order valence-electron chi connectivity index (χ1n) is 3.67. The molecule has 58 valence electrons. The molecule has 1 aromatic rings. The highest BCUT2D eigenvalue weighted by molar-refractivity contribution is 5.75. The third-order valence-corrected chi connectivity index (χ3v) is 1.52. The van der Waals surface area contributed by atoms with Crippen LogP contribution in [-0.4, -0.2) is 10.8 Å². The second kappa shape index (κ2) is 3.86. The van der Waals surface area contributed by atoms with Crippen LogP contribution in [0.5, 0.6) is 0 Å². The molecule has 0 aliphatic rings. The van der Waals surface area contributed by atoms with E-state index in [0.717, 1.165) is 6.42 Å². The molecule has 0 aliphatic carbocycles. The number of nitrogens with zero attached hydrogens (tertiary/aromatic N) is 1. The number of hydrogen-bond donors (Lipinski definition) is 0. The highest BCUT2D eigenvalue weighted by Gasteiger charge is 1.94. The van der Waals surface area contributed by atoms with Crippen LogP contribution in [0.25, 0.3) is 0 Å². The molecule has 0 N–H and O–H groups in total. The van der Waals surface area contributed by atoms with Gasteiger partial charge in [0.25, 0.3) is 0 Å². The van der Waals surface area contributed by atoms with Crippen LogP contribution in [-0.2, 0) is 11.2 Å². The molecule has 2 nitrogen and oxygen atoms in total. The van der Waals surface area contributed by atoms with Crippen LogP contribution in [0, 0.1) is 0 Å². The molecule has 0 unspecified atom stereocenters. The largest absolute Gasteiger partial charge is 0.300 e. The smallest absolute Gasteiger partial charge is 0.130 e. The van der Waals surface area contributed by atoms with Gasteiger partial charge >= 0.3 is 0 Å². The molecule has 0 fully saturated rings. The summed E-state index contributed by atoms with van der Waals surface area (Å²) in [6.45, 7) is 1.61. The quantitative estimate of drug-likeness (QED) is 0.653. The highest BCUT2D eigenvalue weighted by Crippen LogP contribution is 2.00. The van der Waals surface area contributed by atoms with Gasteiger partial charge in [0.05, 0.1) is 0 Å². The van der Waals surface area contributed by atoms with Gasteiger partial charge in [-0.2, -0.15) is 0 Å². The van der Waals surface area contributed by atoms with Crippen molar-refractivity contribution < 1.29 is 4.79 Å². The fourth-order valence-corrected chi connectivity index (χ4v) is 0.870. The number of ketones is 1. The number of aromatic nitrogens is 1. The lowest BCUT2D eigenvalue weighted by molar-refractivity contribution is -0.116. The van der Waals surface area contributed by atoms with Gasteiger partial charge < -0.3 is 4.79 Å². The van der Waals surface area contributed by atoms with E-state index in [1.165, 1.54) is 5.56 Å².